The summed E-state index contributed by atoms with van der Waals surface area (Å²) in [6, 6.07) is 6.67. The van der Waals surface area contributed by atoms with E-state index in [1.165, 1.54) is 6.07 Å². The second-order valence-electron chi connectivity index (χ2n) is 7.34. The molecule has 0 bridgehead atoms. The van der Waals surface area contributed by atoms with Gasteiger partial charge in [-0.25, -0.2) is 4.39 Å². The van der Waals surface area contributed by atoms with Gasteiger partial charge in [0, 0.05) is 43.5 Å². The molecule has 7 heteroatoms. The highest BCUT2D eigenvalue weighted by Crippen LogP contribution is 2.32. The van der Waals surface area contributed by atoms with Crippen molar-refractivity contribution in [1.82, 2.24) is 19.8 Å². The van der Waals surface area contributed by atoms with Crippen molar-refractivity contribution in [2.45, 2.75) is 18.8 Å². The second kappa shape index (κ2) is 8.75. The predicted molar refractivity (Wildman–Crippen MR) is 103 cm³/mol. The van der Waals surface area contributed by atoms with Gasteiger partial charge >= 0.3 is 0 Å². The summed E-state index contributed by atoms with van der Waals surface area (Å²) in [5.41, 5.74) is 1.90. The van der Waals surface area contributed by atoms with E-state index in [1.807, 2.05) is 11.0 Å². The summed E-state index contributed by atoms with van der Waals surface area (Å²) in [6.45, 7) is 4.58. The molecule has 0 aliphatic carbocycles. The van der Waals surface area contributed by atoms with Crippen molar-refractivity contribution in [3.05, 3.63) is 48.2 Å². The normalized spacial score (nSPS) is 20.9. The van der Waals surface area contributed by atoms with Crippen LogP contribution in [0.25, 0.3) is 11.3 Å². The number of morpholine rings is 1. The van der Waals surface area contributed by atoms with E-state index in [9.17, 15) is 9.18 Å². The summed E-state index contributed by atoms with van der Waals surface area (Å²) < 4.78 is 19.7. The Hall–Kier alpha value is -2.38. The van der Waals surface area contributed by atoms with Crippen LogP contribution in [0.1, 0.15) is 24.5 Å². The molecule has 2 aliphatic heterocycles. The largest absolute Gasteiger partial charge is 0.378 e. The van der Waals surface area contributed by atoms with Gasteiger partial charge in [0.1, 0.15) is 5.82 Å². The zero-order valence-electron chi connectivity index (χ0n) is 15.9. The highest BCUT2D eigenvalue weighted by molar-refractivity contribution is 5.78. The van der Waals surface area contributed by atoms with Crippen molar-refractivity contribution in [3.63, 3.8) is 0 Å². The molecular formula is C21H25FN4O2. The molecular weight excluding hydrogens is 359 g/mol. The van der Waals surface area contributed by atoms with E-state index in [0.29, 0.717) is 44.1 Å². The number of halogens is 1. The smallest absolute Gasteiger partial charge is 0.236 e. The van der Waals surface area contributed by atoms with Crippen molar-refractivity contribution in [2.75, 3.05) is 45.9 Å². The SMILES string of the molecule is O=C(CN1CCC[C@H](c2nccnc2-c2ccccc2F)C1)N1CCOCC1. The Morgan fingerprint density at radius 3 is 2.75 bits per heavy atom. The van der Waals surface area contributed by atoms with Crippen LogP contribution in [0.2, 0.25) is 0 Å². The first-order valence-electron chi connectivity index (χ1n) is 9.86. The van der Waals surface area contributed by atoms with Crippen LogP contribution in [0.15, 0.2) is 36.7 Å². The molecule has 0 saturated carbocycles. The fourth-order valence-corrected chi connectivity index (χ4v) is 4.03. The van der Waals surface area contributed by atoms with E-state index in [2.05, 4.69) is 14.9 Å². The van der Waals surface area contributed by atoms with Gasteiger partial charge in [0.25, 0.3) is 0 Å². The van der Waals surface area contributed by atoms with Gasteiger partial charge in [-0.05, 0) is 31.5 Å². The maximum absolute atomic E-state index is 14.3. The summed E-state index contributed by atoms with van der Waals surface area (Å²) in [5.74, 6) is -0.00798. The molecule has 0 radical (unpaired) electrons. The summed E-state index contributed by atoms with van der Waals surface area (Å²) in [7, 11) is 0. The number of likely N-dealkylation sites (tertiary alicyclic amines) is 1. The molecule has 1 amide bonds. The minimum absolute atomic E-state index is 0.134. The van der Waals surface area contributed by atoms with Crippen LogP contribution in [0.5, 0.6) is 0 Å². The number of benzene rings is 1. The van der Waals surface area contributed by atoms with Crippen LogP contribution in [0.4, 0.5) is 4.39 Å². The molecule has 0 spiro atoms. The molecule has 2 fully saturated rings. The number of ether oxygens (including phenoxy) is 1. The van der Waals surface area contributed by atoms with Crippen LogP contribution in [0.3, 0.4) is 0 Å². The van der Waals surface area contributed by atoms with Gasteiger partial charge in [-0.1, -0.05) is 12.1 Å². The van der Waals surface area contributed by atoms with Crippen LogP contribution in [-0.2, 0) is 9.53 Å². The van der Waals surface area contributed by atoms with Crippen LogP contribution < -0.4 is 0 Å². The topological polar surface area (TPSA) is 58.6 Å². The van der Waals surface area contributed by atoms with Crippen molar-refractivity contribution in [1.29, 1.82) is 0 Å². The lowest BCUT2D eigenvalue weighted by Gasteiger charge is -2.34. The Bertz CT molecular complexity index is 826. The third-order valence-electron chi connectivity index (χ3n) is 5.47. The first-order chi connectivity index (χ1) is 13.7. The lowest BCUT2D eigenvalue weighted by atomic mass is 9.91. The molecule has 2 saturated heterocycles. The lowest BCUT2D eigenvalue weighted by Crippen LogP contribution is -2.47. The summed E-state index contributed by atoms with van der Waals surface area (Å²) in [6.07, 6.45) is 5.21. The number of amides is 1. The highest BCUT2D eigenvalue weighted by Gasteiger charge is 2.28. The number of piperidine rings is 1. The van der Waals surface area contributed by atoms with Crippen molar-refractivity contribution in [3.8, 4) is 11.3 Å². The maximum atomic E-state index is 14.3. The van der Waals surface area contributed by atoms with Gasteiger partial charge in [0.15, 0.2) is 0 Å². The highest BCUT2D eigenvalue weighted by atomic mass is 19.1. The van der Waals surface area contributed by atoms with Gasteiger partial charge in [0.2, 0.25) is 5.91 Å². The maximum Gasteiger partial charge on any atom is 0.236 e. The number of hydrogen-bond donors (Lipinski definition) is 0. The summed E-state index contributed by atoms with van der Waals surface area (Å²) in [5, 5.41) is 0. The quantitative estimate of drug-likeness (QED) is 0.810. The average molecular weight is 384 g/mol. The van der Waals surface area contributed by atoms with Gasteiger partial charge in [-0.15, -0.1) is 0 Å². The van der Waals surface area contributed by atoms with E-state index in [0.717, 1.165) is 31.6 Å². The van der Waals surface area contributed by atoms with Gasteiger partial charge in [-0.3, -0.25) is 19.7 Å². The van der Waals surface area contributed by atoms with Gasteiger partial charge < -0.3 is 9.64 Å². The molecule has 28 heavy (non-hydrogen) atoms. The third-order valence-corrected chi connectivity index (χ3v) is 5.47. The molecule has 0 N–H and O–H groups in total. The third kappa shape index (κ3) is 4.20. The first-order valence-corrected chi connectivity index (χ1v) is 9.86. The standard InChI is InChI=1S/C21H25FN4O2/c22-18-6-2-1-5-17(18)21-20(23-7-8-24-21)16-4-3-9-25(14-16)15-19(27)26-10-12-28-13-11-26/h1-2,5-8,16H,3-4,9-15H2/t16-/m0/s1. The Kier molecular flexibility index (Phi) is 5.92. The van der Waals surface area contributed by atoms with Crippen LogP contribution >= 0.6 is 0 Å². The fraction of sp³-hybridized carbons (Fsp3) is 0.476. The van der Waals surface area contributed by atoms with Gasteiger partial charge in [-0.2, -0.15) is 0 Å². The second-order valence-corrected chi connectivity index (χ2v) is 7.34. The molecule has 1 aromatic carbocycles. The Labute approximate surface area is 164 Å². The van der Waals surface area contributed by atoms with Crippen LogP contribution in [0, 0.1) is 5.82 Å². The molecule has 3 heterocycles. The monoisotopic (exact) mass is 384 g/mol. The molecule has 148 valence electrons. The lowest BCUT2D eigenvalue weighted by molar-refractivity contribution is -0.136. The number of carbonyl (C=O) groups excluding carboxylic acids is 1. The Morgan fingerprint density at radius 1 is 1.14 bits per heavy atom. The first kappa shape index (κ1) is 19.0. The summed E-state index contributed by atoms with van der Waals surface area (Å²) >= 11 is 0. The fourth-order valence-electron chi connectivity index (χ4n) is 4.03. The zero-order valence-corrected chi connectivity index (χ0v) is 15.9. The molecule has 1 aromatic heterocycles. The van der Waals surface area contributed by atoms with Crippen molar-refractivity contribution < 1.29 is 13.9 Å². The van der Waals surface area contributed by atoms with E-state index in [1.54, 1.807) is 24.5 Å². The van der Waals surface area contributed by atoms with Gasteiger partial charge in [0.05, 0.1) is 31.1 Å². The van der Waals surface area contributed by atoms with E-state index in [-0.39, 0.29) is 17.6 Å². The predicted octanol–water partition coefficient (Wildman–Crippen LogP) is 2.32. The number of carbonyl (C=O) groups is 1. The average Bonchev–Trinajstić information content (AvgIpc) is 2.75. The minimum Gasteiger partial charge on any atom is -0.378 e. The Balaban J connectivity index is 1.49. The van der Waals surface area contributed by atoms with Crippen molar-refractivity contribution >= 4 is 5.91 Å². The molecule has 2 aliphatic rings. The molecule has 1 atom stereocenters. The molecule has 2 aromatic rings. The molecule has 4 rings (SSSR count). The van der Waals surface area contributed by atoms with E-state index >= 15 is 0 Å². The summed E-state index contributed by atoms with van der Waals surface area (Å²) in [4.78, 5) is 25.6. The van der Waals surface area contributed by atoms with Crippen LogP contribution in [-0.4, -0.2) is 71.6 Å². The zero-order chi connectivity index (χ0) is 19.3. The van der Waals surface area contributed by atoms with Crippen molar-refractivity contribution in [2.24, 2.45) is 0 Å². The number of aromatic nitrogens is 2. The van der Waals surface area contributed by atoms with E-state index < -0.39 is 0 Å². The molecule has 0 unspecified atom stereocenters. The number of rotatable bonds is 4. The minimum atomic E-state index is -0.292. The van der Waals surface area contributed by atoms with E-state index in [4.69, 9.17) is 4.74 Å². The number of hydrogen-bond acceptors (Lipinski definition) is 5. The Morgan fingerprint density at radius 2 is 1.93 bits per heavy atom. The number of nitrogens with zero attached hydrogens (tertiary/aromatic N) is 4. The molecule has 6 nitrogen and oxygen atoms in total.